The van der Waals surface area contributed by atoms with Crippen molar-refractivity contribution in [3.05, 3.63) is 34.9 Å². The van der Waals surface area contributed by atoms with Gasteiger partial charge >= 0.3 is 0 Å². The van der Waals surface area contributed by atoms with Crippen molar-refractivity contribution in [1.82, 2.24) is 5.32 Å². The van der Waals surface area contributed by atoms with Gasteiger partial charge in [0.2, 0.25) is 11.8 Å². The summed E-state index contributed by atoms with van der Waals surface area (Å²) in [6, 6.07) is 7.23. The quantitative estimate of drug-likeness (QED) is 0.373. The average molecular weight is 310 g/mol. The van der Waals surface area contributed by atoms with E-state index < -0.39 is 17.7 Å². The van der Waals surface area contributed by atoms with E-state index in [0.717, 1.165) is 5.56 Å². The summed E-state index contributed by atoms with van der Waals surface area (Å²) < 4.78 is 0. The first kappa shape index (κ1) is 16.8. The molecule has 2 amide bonds. The Labute approximate surface area is 127 Å². The largest absolute Gasteiger partial charge is 0.369 e. The molecule has 1 atom stereocenters. The molecule has 0 aliphatic rings. The molecule has 0 heterocycles. The summed E-state index contributed by atoms with van der Waals surface area (Å²) in [4.78, 5) is 33.1. The van der Waals surface area contributed by atoms with Gasteiger partial charge in [-0.1, -0.05) is 23.7 Å². The van der Waals surface area contributed by atoms with Gasteiger partial charge in [0.1, 0.15) is 12.2 Å². The van der Waals surface area contributed by atoms with E-state index in [0.29, 0.717) is 18.0 Å². The molecule has 0 fully saturated rings. The van der Waals surface area contributed by atoms with Crippen molar-refractivity contribution in [2.24, 2.45) is 11.7 Å². The summed E-state index contributed by atoms with van der Waals surface area (Å²) in [6.45, 7) is 0.385. The summed E-state index contributed by atoms with van der Waals surface area (Å²) in [7, 11) is 0. The molecule has 21 heavy (non-hydrogen) atoms. The topological polar surface area (TPSA) is 113 Å². The zero-order valence-electron chi connectivity index (χ0n) is 11.3. The van der Waals surface area contributed by atoms with Gasteiger partial charge < -0.3 is 21.3 Å². The number of carbonyl (C=O) groups excluding carboxylic acids is 3. The number of hydrogen-bond donors (Lipinski definition) is 3. The second-order valence-corrected chi connectivity index (χ2v) is 4.88. The number of benzene rings is 1. The van der Waals surface area contributed by atoms with E-state index in [4.69, 9.17) is 22.7 Å². The third-order valence-electron chi connectivity index (χ3n) is 2.82. The third-order valence-corrected chi connectivity index (χ3v) is 3.07. The number of carbonyl (C=O) groups is 3. The highest BCUT2D eigenvalue weighted by Gasteiger charge is 2.21. The van der Waals surface area contributed by atoms with Gasteiger partial charge in [0, 0.05) is 17.3 Å². The first-order chi connectivity index (χ1) is 9.93. The van der Waals surface area contributed by atoms with Gasteiger partial charge in [-0.2, -0.15) is 0 Å². The van der Waals surface area contributed by atoms with Crippen LogP contribution >= 0.6 is 11.6 Å². The van der Waals surface area contributed by atoms with Crippen molar-refractivity contribution in [3.8, 4) is 0 Å². The molecule has 0 saturated heterocycles. The Balaban J connectivity index is 2.37. The lowest BCUT2D eigenvalue weighted by atomic mass is 10.0. The van der Waals surface area contributed by atoms with Crippen molar-refractivity contribution >= 4 is 35.4 Å². The summed E-state index contributed by atoms with van der Waals surface area (Å²) in [6.07, 6.45) is 0.557. The van der Waals surface area contributed by atoms with Gasteiger partial charge in [-0.25, -0.2) is 0 Å². The first-order valence-electron chi connectivity index (χ1n) is 6.27. The molecule has 1 rings (SSSR count). The maximum Gasteiger partial charge on any atom is 0.233 e. The van der Waals surface area contributed by atoms with Gasteiger partial charge in [0.15, 0.2) is 0 Å². The van der Waals surface area contributed by atoms with E-state index >= 15 is 0 Å². The SMILES string of the molecule is N=C(CC(=O)NCCc1ccc(Cl)cc1)C(C=O)C(N)=O. The molecule has 0 bridgehead atoms. The fourth-order valence-corrected chi connectivity index (χ4v) is 1.79. The van der Waals surface area contributed by atoms with Crippen LogP contribution in [-0.4, -0.2) is 30.4 Å². The summed E-state index contributed by atoms with van der Waals surface area (Å²) in [5.74, 6) is -2.70. The number of nitrogens with one attached hydrogen (secondary N) is 2. The van der Waals surface area contributed by atoms with Crippen LogP contribution in [0.15, 0.2) is 24.3 Å². The van der Waals surface area contributed by atoms with Crippen LogP contribution in [0.5, 0.6) is 0 Å². The van der Waals surface area contributed by atoms with Gasteiger partial charge in [0.25, 0.3) is 0 Å². The Morgan fingerprint density at radius 1 is 1.33 bits per heavy atom. The summed E-state index contributed by atoms with van der Waals surface area (Å²) in [5, 5.41) is 10.8. The normalized spacial score (nSPS) is 11.5. The number of aldehydes is 1. The van der Waals surface area contributed by atoms with E-state index in [-0.39, 0.29) is 18.4 Å². The minimum Gasteiger partial charge on any atom is -0.369 e. The fraction of sp³-hybridized carbons (Fsp3) is 0.286. The molecule has 112 valence electrons. The van der Waals surface area contributed by atoms with Crippen LogP contribution in [0.1, 0.15) is 12.0 Å². The molecule has 1 aromatic rings. The number of rotatable bonds is 8. The molecular weight excluding hydrogens is 294 g/mol. The highest BCUT2D eigenvalue weighted by Crippen LogP contribution is 2.09. The predicted octanol–water partition coefficient (Wildman–Crippen LogP) is 0.709. The number of hydrogen-bond acceptors (Lipinski definition) is 4. The molecule has 1 unspecified atom stereocenters. The van der Waals surface area contributed by atoms with E-state index in [1.165, 1.54) is 0 Å². The zero-order chi connectivity index (χ0) is 15.8. The number of halogens is 1. The maximum atomic E-state index is 11.6. The van der Waals surface area contributed by atoms with Crippen molar-refractivity contribution < 1.29 is 14.4 Å². The van der Waals surface area contributed by atoms with Crippen molar-refractivity contribution in [2.45, 2.75) is 12.8 Å². The van der Waals surface area contributed by atoms with Crippen LogP contribution in [0.2, 0.25) is 5.02 Å². The fourth-order valence-electron chi connectivity index (χ4n) is 1.66. The second kappa shape index (κ2) is 8.16. The minimum absolute atomic E-state index is 0.270. The van der Waals surface area contributed by atoms with E-state index in [1.54, 1.807) is 12.1 Å². The zero-order valence-corrected chi connectivity index (χ0v) is 12.0. The van der Waals surface area contributed by atoms with Crippen molar-refractivity contribution in [1.29, 1.82) is 5.41 Å². The van der Waals surface area contributed by atoms with Crippen LogP contribution in [0, 0.1) is 11.3 Å². The highest BCUT2D eigenvalue weighted by atomic mass is 35.5. The monoisotopic (exact) mass is 309 g/mol. The molecule has 7 heteroatoms. The third kappa shape index (κ3) is 5.74. The van der Waals surface area contributed by atoms with Crippen molar-refractivity contribution in [3.63, 3.8) is 0 Å². The molecule has 0 aliphatic carbocycles. The van der Waals surface area contributed by atoms with Crippen LogP contribution in [0.3, 0.4) is 0 Å². The molecular formula is C14H16ClN3O3. The molecule has 6 nitrogen and oxygen atoms in total. The Kier molecular flexibility index (Phi) is 6.55. The van der Waals surface area contributed by atoms with Gasteiger partial charge in [-0.15, -0.1) is 0 Å². The van der Waals surface area contributed by atoms with E-state index in [9.17, 15) is 14.4 Å². The second-order valence-electron chi connectivity index (χ2n) is 4.44. The van der Waals surface area contributed by atoms with Crippen molar-refractivity contribution in [2.75, 3.05) is 6.54 Å². The lowest BCUT2D eigenvalue weighted by Gasteiger charge is -2.09. The summed E-state index contributed by atoms with van der Waals surface area (Å²) >= 11 is 5.76. The molecule has 4 N–H and O–H groups in total. The lowest BCUT2D eigenvalue weighted by molar-refractivity contribution is -0.124. The molecule has 0 radical (unpaired) electrons. The molecule has 0 aliphatic heterocycles. The van der Waals surface area contributed by atoms with Crippen LogP contribution in [-0.2, 0) is 20.8 Å². The number of primary amides is 1. The highest BCUT2D eigenvalue weighted by molar-refractivity contribution is 6.30. The van der Waals surface area contributed by atoms with Gasteiger partial charge in [-0.05, 0) is 24.1 Å². The van der Waals surface area contributed by atoms with Crippen LogP contribution in [0.4, 0.5) is 0 Å². The van der Waals surface area contributed by atoms with Crippen LogP contribution in [0.25, 0.3) is 0 Å². The minimum atomic E-state index is -1.34. The summed E-state index contributed by atoms with van der Waals surface area (Å²) in [5.41, 5.74) is 5.67. The van der Waals surface area contributed by atoms with Gasteiger partial charge in [0.05, 0.1) is 6.42 Å². The molecule has 1 aromatic carbocycles. The maximum absolute atomic E-state index is 11.6. The average Bonchev–Trinajstić information content (AvgIpc) is 2.41. The standard InChI is InChI=1S/C14H16ClN3O3/c15-10-3-1-9(2-4-10)5-6-18-13(20)7-12(16)11(8-19)14(17)21/h1-4,8,11,16H,5-7H2,(H2,17,21)(H,18,20). The molecule has 0 spiro atoms. The number of amides is 2. The molecule has 0 aromatic heterocycles. The number of nitrogens with two attached hydrogens (primary N) is 1. The Hall–Kier alpha value is -2.21. The molecule has 0 saturated carbocycles. The van der Waals surface area contributed by atoms with E-state index in [2.05, 4.69) is 5.32 Å². The lowest BCUT2D eigenvalue weighted by Crippen LogP contribution is -2.35. The predicted molar refractivity (Wildman–Crippen MR) is 79.3 cm³/mol. The Morgan fingerprint density at radius 2 is 1.95 bits per heavy atom. The van der Waals surface area contributed by atoms with Gasteiger partial charge in [-0.3, -0.25) is 9.59 Å². The smallest absolute Gasteiger partial charge is 0.233 e. The Bertz CT molecular complexity index is 543. The Morgan fingerprint density at radius 3 is 2.48 bits per heavy atom. The first-order valence-corrected chi connectivity index (χ1v) is 6.65. The van der Waals surface area contributed by atoms with E-state index in [1.807, 2.05) is 12.1 Å². The van der Waals surface area contributed by atoms with Crippen LogP contribution < -0.4 is 11.1 Å².